The number of nitrogens with one attached hydrogen (secondary N) is 2. The Morgan fingerprint density at radius 2 is 1.70 bits per heavy atom. The first-order valence-corrected chi connectivity index (χ1v) is 11.2. The summed E-state index contributed by atoms with van der Waals surface area (Å²) in [6, 6.07) is 15.4. The molecule has 27 heavy (non-hydrogen) atoms. The number of aromatic nitrogens is 1. The van der Waals surface area contributed by atoms with E-state index >= 15 is 0 Å². The number of aryl methyl sites for hydroxylation is 2. The third-order valence-electron chi connectivity index (χ3n) is 4.89. The lowest BCUT2D eigenvalue weighted by atomic mass is 10.1. The van der Waals surface area contributed by atoms with E-state index in [0.717, 1.165) is 31.2 Å². The Hall–Kier alpha value is -2.11. The molecule has 144 valence electrons. The van der Waals surface area contributed by atoms with Crippen LogP contribution in [0.4, 0.5) is 0 Å². The van der Waals surface area contributed by atoms with Crippen LogP contribution in [-0.2, 0) is 22.9 Å². The molecule has 1 aromatic heterocycles. The van der Waals surface area contributed by atoms with Crippen molar-refractivity contribution in [3.63, 3.8) is 0 Å². The molecule has 0 amide bonds. The van der Waals surface area contributed by atoms with Crippen LogP contribution in [0, 0.1) is 0 Å². The van der Waals surface area contributed by atoms with Gasteiger partial charge in [0.25, 0.3) is 0 Å². The van der Waals surface area contributed by atoms with Crippen molar-refractivity contribution in [3.05, 3.63) is 65.9 Å². The molecular formula is C22H28N2O2S. The summed E-state index contributed by atoms with van der Waals surface area (Å²) in [5.74, 6) is 0. The molecular weight excluding hydrogens is 356 g/mol. The fraction of sp³-hybridized carbons (Fsp3) is 0.364. The molecule has 0 spiro atoms. The summed E-state index contributed by atoms with van der Waals surface area (Å²) in [5.41, 5.74) is 3.54. The van der Waals surface area contributed by atoms with E-state index in [9.17, 15) is 8.42 Å². The van der Waals surface area contributed by atoms with Crippen LogP contribution in [-0.4, -0.2) is 19.9 Å². The molecule has 0 saturated heterocycles. The second-order valence-corrected chi connectivity index (χ2v) is 8.73. The number of aromatic amines is 1. The molecule has 0 unspecified atom stereocenters. The van der Waals surface area contributed by atoms with Gasteiger partial charge in [0.2, 0.25) is 10.0 Å². The molecule has 1 heterocycles. The van der Waals surface area contributed by atoms with Crippen LogP contribution in [0.1, 0.15) is 43.7 Å². The summed E-state index contributed by atoms with van der Waals surface area (Å²) in [4.78, 5) is 3.60. The Balaban J connectivity index is 1.51. The van der Waals surface area contributed by atoms with Gasteiger partial charge in [-0.15, -0.1) is 0 Å². The first kappa shape index (κ1) is 19.6. The van der Waals surface area contributed by atoms with Crippen molar-refractivity contribution < 1.29 is 8.42 Å². The maximum absolute atomic E-state index is 12.5. The van der Waals surface area contributed by atoms with E-state index in [1.807, 2.05) is 36.5 Å². The van der Waals surface area contributed by atoms with E-state index in [1.54, 1.807) is 12.1 Å². The zero-order valence-electron chi connectivity index (χ0n) is 15.9. The molecule has 0 saturated carbocycles. The third kappa shape index (κ3) is 5.21. The normalized spacial score (nSPS) is 11.9. The summed E-state index contributed by atoms with van der Waals surface area (Å²) in [5, 5.41) is 1.21. The van der Waals surface area contributed by atoms with E-state index in [4.69, 9.17) is 0 Å². The second kappa shape index (κ2) is 9.20. The number of benzene rings is 2. The molecule has 3 rings (SSSR count). The van der Waals surface area contributed by atoms with Gasteiger partial charge in [0, 0.05) is 23.6 Å². The summed E-state index contributed by atoms with van der Waals surface area (Å²) in [6.07, 6.45) is 8.16. The highest BCUT2D eigenvalue weighted by Crippen LogP contribution is 2.19. The molecule has 4 nitrogen and oxygen atoms in total. The van der Waals surface area contributed by atoms with E-state index in [0.29, 0.717) is 11.4 Å². The van der Waals surface area contributed by atoms with Gasteiger partial charge in [-0.2, -0.15) is 0 Å². The quantitative estimate of drug-likeness (QED) is 0.493. The van der Waals surface area contributed by atoms with Gasteiger partial charge in [0.15, 0.2) is 0 Å². The van der Waals surface area contributed by atoms with Crippen molar-refractivity contribution in [2.45, 2.75) is 50.3 Å². The standard InChI is InChI=1S/C22H28N2O2S/c1-2-3-4-8-18-12-14-20(15-13-18)27(25,26)24-16-7-9-19-17-23-22-11-6-5-10-21(19)22/h5-6,10-15,17,23-24H,2-4,7-9,16H2,1H3. The molecule has 0 atom stereocenters. The zero-order chi connectivity index (χ0) is 19.1. The smallest absolute Gasteiger partial charge is 0.240 e. The molecule has 2 N–H and O–H groups in total. The van der Waals surface area contributed by atoms with Gasteiger partial charge in [-0.25, -0.2) is 13.1 Å². The van der Waals surface area contributed by atoms with Crippen molar-refractivity contribution in [1.82, 2.24) is 9.71 Å². The molecule has 0 bridgehead atoms. The third-order valence-corrected chi connectivity index (χ3v) is 6.37. The number of hydrogen-bond donors (Lipinski definition) is 2. The van der Waals surface area contributed by atoms with Gasteiger partial charge in [-0.05, 0) is 55.0 Å². The first-order chi connectivity index (χ1) is 13.1. The molecule has 5 heteroatoms. The SMILES string of the molecule is CCCCCc1ccc(S(=O)(=O)NCCCc2c[nH]c3ccccc23)cc1. The first-order valence-electron chi connectivity index (χ1n) is 9.74. The predicted molar refractivity (Wildman–Crippen MR) is 111 cm³/mol. The van der Waals surface area contributed by atoms with Gasteiger partial charge >= 0.3 is 0 Å². The summed E-state index contributed by atoms with van der Waals surface area (Å²) < 4.78 is 27.6. The lowest BCUT2D eigenvalue weighted by Crippen LogP contribution is -2.25. The number of H-pyrrole nitrogens is 1. The van der Waals surface area contributed by atoms with Crippen LogP contribution in [0.5, 0.6) is 0 Å². The van der Waals surface area contributed by atoms with E-state index in [2.05, 4.69) is 22.7 Å². The Morgan fingerprint density at radius 1 is 0.926 bits per heavy atom. The number of sulfonamides is 1. The average Bonchev–Trinajstić information content (AvgIpc) is 3.09. The number of rotatable bonds is 10. The van der Waals surface area contributed by atoms with Gasteiger partial charge in [-0.1, -0.05) is 50.1 Å². The zero-order valence-corrected chi connectivity index (χ0v) is 16.7. The highest BCUT2D eigenvalue weighted by molar-refractivity contribution is 7.89. The number of hydrogen-bond acceptors (Lipinski definition) is 2. The minimum atomic E-state index is -3.44. The van der Waals surface area contributed by atoms with Crippen LogP contribution in [0.3, 0.4) is 0 Å². The fourth-order valence-electron chi connectivity index (χ4n) is 3.32. The Kier molecular flexibility index (Phi) is 6.69. The number of para-hydroxylation sites is 1. The van der Waals surface area contributed by atoms with Crippen molar-refractivity contribution in [3.8, 4) is 0 Å². The highest BCUT2D eigenvalue weighted by Gasteiger charge is 2.13. The summed E-state index contributed by atoms with van der Waals surface area (Å²) in [6.45, 7) is 2.61. The van der Waals surface area contributed by atoms with E-state index in [1.165, 1.54) is 29.4 Å². The van der Waals surface area contributed by atoms with Gasteiger partial charge in [-0.3, -0.25) is 0 Å². The van der Waals surface area contributed by atoms with Gasteiger partial charge in [0.05, 0.1) is 4.90 Å². The second-order valence-electron chi connectivity index (χ2n) is 6.96. The van der Waals surface area contributed by atoms with E-state index in [-0.39, 0.29) is 0 Å². The van der Waals surface area contributed by atoms with Crippen LogP contribution in [0.2, 0.25) is 0 Å². The van der Waals surface area contributed by atoms with Crippen molar-refractivity contribution in [2.75, 3.05) is 6.54 Å². The number of fused-ring (bicyclic) bond motifs is 1. The topological polar surface area (TPSA) is 62.0 Å². The van der Waals surface area contributed by atoms with Crippen LogP contribution >= 0.6 is 0 Å². The molecule has 0 radical (unpaired) electrons. The maximum atomic E-state index is 12.5. The molecule has 0 aliphatic heterocycles. The van der Waals surface area contributed by atoms with Gasteiger partial charge in [0.1, 0.15) is 0 Å². The fourth-order valence-corrected chi connectivity index (χ4v) is 4.40. The molecule has 0 fully saturated rings. The van der Waals surface area contributed by atoms with Crippen LogP contribution in [0.15, 0.2) is 59.6 Å². The molecule has 0 aliphatic carbocycles. The molecule has 3 aromatic rings. The predicted octanol–water partition coefficient (Wildman–Crippen LogP) is 4.81. The largest absolute Gasteiger partial charge is 0.361 e. The molecule has 0 aliphatic rings. The van der Waals surface area contributed by atoms with E-state index < -0.39 is 10.0 Å². The minimum Gasteiger partial charge on any atom is -0.361 e. The highest BCUT2D eigenvalue weighted by atomic mass is 32.2. The van der Waals surface area contributed by atoms with Crippen molar-refractivity contribution in [1.29, 1.82) is 0 Å². The van der Waals surface area contributed by atoms with Gasteiger partial charge < -0.3 is 4.98 Å². The number of unbranched alkanes of at least 4 members (excludes halogenated alkanes) is 2. The lowest BCUT2D eigenvalue weighted by molar-refractivity contribution is 0.579. The summed E-state index contributed by atoms with van der Waals surface area (Å²) in [7, 11) is -3.44. The maximum Gasteiger partial charge on any atom is 0.240 e. The van der Waals surface area contributed by atoms with Crippen LogP contribution < -0.4 is 4.72 Å². The van der Waals surface area contributed by atoms with Crippen molar-refractivity contribution in [2.24, 2.45) is 0 Å². The monoisotopic (exact) mass is 384 g/mol. The summed E-state index contributed by atoms with van der Waals surface area (Å²) >= 11 is 0. The Bertz CT molecular complexity index is 959. The molecule has 2 aromatic carbocycles. The van der Waals surface area contributed by atoms with Crippen molar-refractivity contribution >= 4 is 20.9 Å². The Labute approximate surface area is 162 Å². The lowest BCUT2D eigenvalue weighted by Gasteiger charge is -2.08. The Morgan fingerprint density at radius 3 is 2.48 bits per heavy atom. The average molecular weight is 385 g/mol. The minimum absolute atomic E-state index is 0.342. The van der Waals surface area contributed by atoms with Crippen LogP contribution in [0.25, 0.3) is 10.9 Å².